The summed E-state index contributed by atoms with van der Waals surface area (Å²) < 4.78 is 37.2. The molecule has 1 rings (SSSR count). The molecular formula is C8H4ClF3N2. The van der Waals surface area contributed by atoms with Crippen LogP contribution >= 0.6 is 11.6 Å². The van der Waals surface area contributed by atoms with E-state index >= 15 is 0 Å². The van der Waals surface area contributed by atoms with Crippen LogP contribution in [0, 0.1) is 11.3 Å². The number of halogens is 4. The maximum Gasteiger partial charge on any atom is 0.419 e. The zero-order chi connectivity index (χ0) is 10.9. The zero-order valence-corrected chi connectivity index (χ0v) is 7.50. The molecule has 0 saturated heterocycles. The fraction of sp³-hybridized carbons (Fsp3) is 0.125. The van der Waals surface area contributed by atoms with E-state index in [1.165, 1.54) is 6.07 Å². The lowest BCUT2D eigenvalue weighted by Crippen LogP contribution is -2.22. The molecule has 1 aliphatic heterocycles. The summed E-state index contributed by atoms with van der Waals surface area (Å²) in [5, 5.41) is 10.3. The molecule has 0 saturated carbocycles. The third kappa shape index (κ3) is 1.75. The largest absolute Gasteiger partial charge is 0.419 e. The summed E-state index contributed by atoms with van der Waals surface area (Å²) in [6, 6.07) is 1.41. The van der Waals surface area contributed by atoms with Crippen LogP contribution in [0.1, 0.15) is 0 Å². The zero-order valence-electron chi connectivity index (χ0n) is 6.74. The minimum Gasteiger partial charge on any atom is -0.360 e. The normalized spacial score (nSPS) is 17.4. The second-order valence-corrected chi connectivity index (χ2v) is 2.88. The number of nitrogens with one attached hydrogen (secondary N) is 1. The van der Waals surface area contributed by atoms with E-state index in [1.54, 1.807) is 0 Å². The summed E-state index contributed by atoms with van der Waals surface area (Å²) in [6.45, 7) is 3.27. The SMILES string of the molecule is C=C1NC=C(Cl)C(C(F)(F)F)=C1C#N. The first-order valence-electron chi connectivity index (χ1n) is 3.41. The smallest absolute Gasteiger partial charge is 0.360 e. The van der Waals surface area contributed by atoms with Gasteiger partial charge in [-0.1, -0.05) is 18.2 Å². The van der Waals surface area contributed by atoms with Gasteiger partial charge in [-0.25, -0.2) is 0 Å². The van der Waals surface area contributed by atoms with Crippen molar-refractivity contribution in [2.75, 3.05) is 0 Å². The lowest BCUT2D eigenvalue weighted by atomic mass is 10.0. The molecule has 1 N–H and O–H groups in total. The number of allylic oxidation sites excluding steroid dienone is 3. The Morgan fingerprint density at radius 1 is 1.50 bits per heavy atom. The Balaban J connectivity index is 3.38. The maximum absolute atomic E-state index is 12.4. The van der Waals surface area contributed by atoms with Crippen LogP contribution in [0.3, 0.4) is 0 Å². The quantitative estimate of drug-likeness (QED) is 0.681. The molecule has 0 spiro atoms. The average molecular weight is 221 g/mol. The number of hydrogen-bond acceptors (Lipinski definition) is 2. The molecule has 14 heavy (non-hydrogen) atoms. The van der Waals surface area contributed by atoms with Crippen molar-refractivity contribution in [3.63, 3.8) is 0 Å². The van der Waals surface area contributed by atoms with E-state index in [9.17, 15) is 13.2 Å². The summed E-state index contributed by atoms with van der Waals surface area (Å²) in [7, 11) is 0. The highest BCUT2D eigenvalue weighted by Gasteiger charge is 2.40. The molecule has 2 nitrogen and oxygen atoms in total. The van der Waals surface area contributed by atoms with Crippen LogP contribution < -0.4 is 5.32 Å². The van der Waals surface area contributed by atoms with Crippen LogP contribution in [0.4, 0.5) is 13.2 Å². The van der Waals surface area contributed by atoms with Crippen molar-refractivity contribution in [3.8, 4) is 6.07 Å². The van der Waals surface area contributed by atoms with Gasteiger partial charge >= 0.3 is 6.18 Å². The average Bonchev–Trinajstić information content (AvgIpc) is 2.06. The Labute approximate surface area is 83.0 Å². The van der Waals surface area contributed by atoms with E-state index in [-0.39, 0.29) is 5.70 Å². The Morgan fingerprint density at radius 2 is 2.07 bits per heavy atom. The van der Waals surface area contributed by atoms with Gasteiger partial charge in [0.25, 0.3) is 0 Å². The highest BCUT2D eigenvalue weighted by molar-refractivity contribution is 6.32. The number of dihydropyridines is 1. The molecule has 0 atom stereocenters. The third-order valence-corrected chi connectivity index (χ3v) is 1.86. The van der Waals surface area contributed by atoms with Crippen LogP contribution in [0.15, 0.2) is 34.7 Å². The number of rotatable bonds is 0. The van der Waals surface area contributed by atoms with Crippen molar-refractivity contribution < 1.29 is 13.2 Å². The van der Waals surface area contributed by atoms with Gasteiger partial charge < -0.3 is 5.32 Å². The van der Waals surface area contributed by atoms with Crippen LogP contribution in [-0.2, 0) is 0 Å². The maximum atomic E-state index is 12.4. The molecule has 1 aliphatic rings. The van der Waals surface area contributed by atoms with Gasteiger partial charge in [0, 0.05) is 11.9 Å². The molecule has 0 aromatic heterocycles. The van der Waals surface area contributed by atoms with Crippen molar-refractivity contribution in [2.45, 2.75) is 6.18 Å². The van der Waals surface area contributed by atoms with Crippen molar-refractivity contribution >= 4 is 11.6 Å². The first-order chi connectivity index (χ1) is 6.38. The van der Waals surface area contributed by atoms with Gasteiger partial charge in [-0.05, 0) is 0 Å². The van der Waals surface area contributed by atoms with Crippen LogP contribution in [0.5, 0.6) is 0 Å². The fourth-order valence-electron chi connectivity index (χ4n) is 0.966. The molecule has 1 heterocycles. The molecule has 0 aromatic rings. The number of nitriles is 1. The van der Waals surface area contributed by atoms with E-state index < -0.39 is 22.4 Å². The first-order valence-corrected chi connectivity index (χ1v) is 3.79. The molecular weight excluding hydrogens is 217 g/mol. The van der Waals surface area contributed by atoms with Gasteiger partial charge in [-0.15, -0.1) is 0 Å². The summed E-state index contributed by atoms with van der Waals surface area (Å²) in [5.41, 5.74) is -1.83. The Kier molecular flexibility index (Phi) is 2.58. The summed E-state index contributed by atoms with van der Waals surface area (Å²) >= 11 is 5.33. The highest BCUT2D eigenvalue weighted by Crippen LogP contribution is 2.38. The summed E-state index contributed by atoms with van der Waals surface area (Å²) in [5.74, 6) is 0. The van der Waals surface area contributed by atoms with Gasteiger partial charge in [0.15, 0.2) is 0 Å². The summed E-state index contributed by atoms with van der Waals surface area (Å²) in [6.07, 6.45) is -3.70. The molecule has 0 aliphatic carbocycles. The molecule has 0 bridgehead atoms. The van der Waals surface area contributed by atoms with Gasteiger partial charge in [0.05, 0.1) is 16.2 Å². The van der Waals surface area contributed by atoms with Crippen LogP contribution in [-0.4, -0.2) is 6.18 Å². The molecule has 74 valence electrons. The van der Waals surface area contributed by atoms with Gasteiger partial charge in [-0.2, -0.15) is 18.4 Å². The molecule has 0 aromatic carbocycles. The Bertz CT molecular complexity index is 384. The van der Waals surface area contributed by atoms with E-state index in [1.807, 2.05) is 0 Å². The van der Waals surface area contributed by atoms with Crippen molar-refractivity contribution in [3.05, 3.63) is 34.7 Å². The topological polar surface area (TPSA) is 35.8 Å². The van der Waals surface area contributed by atoms with Crippen LogP contribution in [0.2, 0.25) is 0 Å². The molecule has 0 fully saturated rings. The highest BCUT2D eigenvalue weighted by atomic mass is 35.5. The van der Waals surface area contributed by atoms with Crippen LogP contribution in [0.25, 0.3) is 0 Å². The minimum absolute atomic E-state index is 0.107. The summed E-state index contributed by atoms with van der Waals surface area (Å²) in [4.78, 5) is 0. The second-order valence-electron chi connectivity index (χ2n) is 2.47. The van der Waals surface area contributed by atoms with E-state index in [4.69, 9.17) is 16.9 Å². The third-order valence-electron chi connectivity index (χ3n) is 1.56. The van der Waals surface area contributed by atoms with Crippen molar-refractivity contribution in [1.82, 2.24) is 5.32 Å². The Hall–Kier alpha value is -1.41. The lowest BCUT2D eigenvalue weighted by molar-refractivity contribution is -0.0893. The molecule has 0 radical (unpaired) electrons. The van der Waals surface area contributed by atoms with Gasteiger partial charge in [0.1, 0.15) is 6.07 Å². The molecule has 0 unspecified atom stereocenters. The minimum atomic E-state index is -4.65. The van der Waals surface area contributed by atoms with Crippen molar-refractivity contribution in [2.24, 2.45) is 0 Å². The Morgan fingerprint density at radius 3 is 2.43 bits per heavy atom. The monoisotopic (exact) mass is 220 g/mol. The number of nitrogens with zero attached hydrogens (tertiary/aromatic N) is 1. The van der Waals surface area contributed by atoms with E-state index in [0.717, 1.165) is 6.20 Å². The number of alkyl halides is 3. The molecule has 0 amide bonds. The van der Waals surface area contributed by atoms with E-state index in [2.05, 4.69) is 11.9 Å². The van der Waals surface area contributed by atoms with Gasteiger partial charge in [0.2, 0.25) is 0 Å². The predicted molar refractivity (Wildman–Crippen MR) is 44.9 cm³/mol. The first kappa shape index (κ1) is 10.7. The fourth-order valence-corrected chi connectivity index (χ4v) is 1.22. The predicted octanol–water partition coefficient (Wildman–Crippen LogP) is 2.57. The second kappa shape index (κ2) is 3.39. The van der Waals surface area contributed by atoms with E-state index in [0.29, 0.717) is 0 Å². The molecule has 6 heteroatoms. The number of hydrogen-bond donors (Lipinski definition) is 1. The van der Waals surface area contributed by atoms with Gasteiger partial charge in [-0.3, -0.25) is 0 Å². The van der Waals surface area contributed by atoms with Crippen molar-refractivity contribution in [1.29, 1.82) is 5.26 Å². The standard InChI is InChI=1S/C8H4ClF3N2/c1-4-5(2-13)7(8(10,11)12)6(9)3-14-4/h3,14H,1H2. The lowest BCUT2D eigenvalue weighted by Gasteiger charge is -2.19.